The molecule has 0 fully saturated rings. The first-order chi connectivity index (χ1) is 8.87. The highest BCUT2D eigenvalue weighted by atomic mass is 127. The van der Waals surface area contributed by atoms with Gasteiger partial charge in [-0.25, -0.2) is 0 Å². The normalized spacial score (nSPS) is 18.4. The summed E-state index contributed by atoms with van der Waals surface area (Å²) in [6, 6.07) is 3.36. The molecule has 1 unspecified atom stereocenters. The van der Waals surface area contributed by atoms with Gasteiger partial charge < -0.3 is 4.74 Å². The molecule has 104 valence electrons. The molecule has 1 aromatic rings. The van der Waals surface area contributed by atoms with Crippen molar-refractivity contribution in [2.24, 2.45) is 0 Å². The second-order valence-corrected chi connectivity index (χ2v) is 13.8. The average Bonchev–Trinajstić information content (AvgIpc) is 2.60. The van der Waals surface area contributed by atoms with Crippen LogP contribution >= 0.6 is 38.5 Å². The van der Waals surface area contributed by atoms with E-state index >= 15 is 0 Å². The lowest BCUT2D eigenvalue weighted by molar-refractivity contribution is 0.141. The van der Waals surface area contributed by atoms with Gasteiger partial charge in [0.15, 0.2) is 0 Å². The highest BCUT2D eigenvalue weighted by Gasteiger charge is 2.24. The Morgan fingerprint density at radius 2 is 2.16 bits per heavy atom. The van der Waals surface area contributed by atoms with E-state index in [0.29, 0.717) is 5.92 Å². The summed E-state index contributed by atoms with van der Waals surface area (Å²) in [6.07, 6.45) is 4.14. The number of hydrogen-bond acceptors (Lipinski definition) is 2. The molecule has 0 aromatic carbocycles. The van der Waals surface area contributed by atoms with Crippen molar-refractivity contribution >= 4 is 50.2 Å². The van der Waals surface area contributed by atoms with Crippen LogP contribution in [0.3, 0.4) is 0 Å². The Bertz CT molecular complexity index is 499. The van der Waals surface area contributed by atoms with Gasteiger partial charge in [0.25, 0.3) is 0 Å². The minimum absolute atomic E-state index is 0.316. The fourth-order valence-corrected chi connectivity index (χ4v) is 3.95. The number of fused-ring (bicyclic) bond motifs is 1. The molecule has 0 amide bonds. The molecule has 0 spiro atoms. The maximum absolute atomic E-state index is 5.86. The molecule has 0 N–H and O–H groups in total. The molecule has 0 saturated carbocycles. The first kappa shape index (κ1) is 15.7. The van der Waals surface area contributed by atoms with E-state index in [1.165, 1.54) is 15.2 Å². The van der Waals surface area contributed by atoms with E-state index in [9.17, 15) is 0 Å². The summed E-state index contributed by atoms with van der Waals surface area (Å²) in [5, 5.41) is 0. The number of pyridine rings is 1. The number of rotatable bonds is 5. The maximum Gasteiger partial charge on any atom is 0.0585 e. The lowest BCUT2D eigenvalue weighted by Gasteiger charge is -2.16. The Kier molecular flexibility index (Phi) is 5.25. The van der Waals surface area contributed by atoms with Crippen molar-refractivity contribution < 1.29 is 4.74 Å². The minimum atomic E-state index is -0.990. The van der Waals surface area contributed by atoms with E-state index < -0.39 is 8.07 Å². The van der Waals surface area contributed by atoms with Crippen LogP contribution in [0.1, 0.15) is 17.2 Å². The van der Waals surface area contributed by atoms with Crippen molar-refractivity contribution in [1.82, 2.24) is 4.98 Å². The smallest absolute Gasteiger partial charge is 0.0585 e. The van der Waals surface area contributed by atoms with Gasteiger partial charge in [0, 0.05) is 40.4 Å². The lowest BCUT2D eigenvalue weighted by Crippen LogP contribution is -2.22. The topological polar surface area (TPSA) is 22.1 Å². The summed E-state index contributed by atoms with van der Waals surface area (Å²) >= 11 is 5.86. The summed E-state index contributed by atoms with van der Waals surface area (Å²) in [5.74, 6) is 0.316. The third kappa shape index (κ3) is 4.37. The Morgan fingerprint density at radius 3 is 2.84 bits per heavy atom. The van der Waals surface area contributed by atoms with E-state index in [1.54, 1.807) is 0 Å². The number of ether oxygens (including phenoxy) is 1. The highest BCUT2D eigenvalue weighted by Crippen LogP contribution is 2.39. The fourth-order valence-electron chi connectivity index (χ4n) is 2.00. The molecular weight excluding hydrogens is 433 g/mol. The molecule has 0 saturated heterocycles. The van der Waals surface area contributed by atoms with Crippen molar-refractivity contribution in [2.45, 2.75) is 31.6 Å². The average molecular weight is 452 g/mol. The Balaban J connectivity index is 1.94. The van der Waals surface area contributed by atoms with Crippen LogP contribution in [-0.2, 0) is 4.74 Å². The maximum atomic E-state index is 5.86. The lowest BCUT2D eigenvalue weighted by atomic mass is 10.1. The van der Waals surface area contributed by atoms with Crippen molar-refractivity contribution in [3.8, 4) is 0 Å². The zero-order valence-corrected chi connectivity index (χ0v) is 16.3. The molecular formula is C14H19BrINOSi. The molecule has 0 bridgehead atoms. The SMILES string of the molecule is C[Si](C)(C)CCOCC1C=C(I)c2cc(Br)cnc21. The van der Waals surface area contributed by atoms with Gasteiger partial charge in [-0.05, 0) is 50.6 Å². The van der Waals surface area contributed by atoms with Gasteiger partial charge in [-0.3, -0.25) is 4.98 Å². The zero-order chi connectivity index (χ0) is 14.0. The van der Waals surface area contributed by atoms with Gasteiger partial charge in [-0.15, -0.1) is 0 Å². The van der Waals surface area contributed by atoms with E-state index in [4.69, 9.17) is 4.74 Å². The second-order valence-electron chi connectivity index (χ2n) is 6.09. The van der Waals surface area contributed by atoms with Gasteiger partial charge in [-0.1, -0.05) is 25.7 Å². The predicted molar refractivity (Wildman–Crippen MR) is 95.6 cm³/mol. The molecule has 19 heavy (non-hydrogen) atoms. The van der Waals surface area contributed by atoms with Gasteiger partial charge in [0.05, 0.1) is 12.3 Å². The third-order valence-corrected chi connectivity index (χ3v) is 6.21. The predicted octanol–water partition coefficient (Wildman–Crippen LogP) is 5.07. The Hall–Kier alpha value is 0.277. The molecule has 1 heterocycles. The third-order valence-electron chi connectivity index (χ3n) is 3.13. The van der Waals surface area contributed by atoms with Crippen LogP contribution in [0.5, 0.6) is 0 Å². The molecule has 0 radical (unpaired) electrons. The summed E-state index contributed by atoms with van der Waals surface area (Å²) in [5.41, 5.74) is 2.40. The minimum Gasteiger partial charge on any atom is -0.381 e. The quantitative estimate of drug-likeness (QED) is 0.354. The van der Waals surface area contributed by atoms with Crippen LogP contribution < -0.4 is 0 Å². The van der Waals surface area contributed by atoms with Crippen molar-refractivity contribution in [3.63, 3.8) is 0 Å². The zero-order valence-electron chi connectivity index (χ0n) is 11.5. The van der Waals surface area contributed by atoms with E-state index in [2.05, 4.69) is 75.3 Å². The van der Waals surface area contributed by atoms with Crippen LogP contribution in [0, 0.1) is 0 Å². The summed E-state index contributed by atoms with van der Waals surface area (Å²) in [4.78, 5) is 4.54. The first-order valence-electron chi connectivity index (χ1n) is 6.48. The van der Waals surface area contributed by atoms with Gasteiger partial charge >= 0.3 is 0 Å². The highest BCUT2D eigenvalue weighted by molar-refractivity contribution is 14.1. The largest absolute Gasteiger partial charge is 0.381 e. The van der Waals surface area contributed by atoms with Crippen LogP contribution in [0.2, 0.25) is 25.7 Å². The molecule has 1 aliphatic rings. The van der Waals surface area contributed by atoms with Gasteiger partial charge in [0.2, 0.25) is 0 Å². The summed E-state index contributed by atoms with van der Waals surface area (Å²) in [6.45, 7) is 8.76. The Labute approximate surface area is 138 Å². The molecule has 1 aromatic heterocycles. The van der Waals surface area contributed by atoms with Crippen LogP contribution in [0.4, 0.5) is 0 Å². The number of hydrogen-bond donors (Lipinski definition) is 0. The van der Waals surface area contributed by atoms with Crippen molar-refractivity contribution in [2.75, 3.05) is 13.2 Å². The molecule has 5 heteroatoms. The van der Waals surface area contributed by atoms with Crippen molar-refractivity contribution in [3.05, 3.63) is 34.1 Å². The fraction of sp³-hybridized carbons (Fsp3) is 0.500. The van der Waals surface area contributed by atoms with E-state index in [-0.39, 0.29) is 0 Å². The van der Waals surface area contributed by atoms with Crippen LogP contribution in [0.15, 0.2) is 22.8 Å². The molecule has 1 atom stereocenters. The van der Waals surface area contributed by atoms with Crippen LogP contribution in [-0.4, -0.2) is 26.3 Å². The number of aromatic nitrogens is 1. The van der Waals surface area contributed by atoms with Crippen LogP contribution in [0.25, 0.3) is 3.58 Å². The molecule has 1 aliphatic carbocycles. The summed E-state index contributed by atoms with van der Waals surface area (Å²) in [7, 11) is -0.990. The number of halogens is 2. The molecule has 2 rings (SSSR count). The Morgan fingerprint density at radius 1 is 1.42 bits per heavy atom. The van der Waals surface area contributed by atoms with Gasteiger partial charge in [0.1, 0.15) is 0 Å². The monoisotopic (exact) mass is 451 g/mol. The standard InChI is InChI=1S/C14H19BrINOSi/c1-19(2,3)5-4-18-9-10-6-13(16)12-7-11(15)8-17-14(10)12/h6-8,10H,4-5,9H2,1-3H3. The van der Waals surface area contributed by atoms with Gasteiger partial charge in [-0.2, -0.15) is 0 Å². The van der Waals surface area contributed by atoms with E-state index in [1.807, 2.05) is 6.20 Å². The molecule has 0 aliphatic heterocycles. The molecule has 2 nitrogen and oxygen atoms in total. The summed E-state index contributed by atoms with van der Waals surface area (Å²) < 4.78 is 8.18. The second kappa shape index (κ2) is 6.36. The first-order valence-corrected chi connectivity index (χ1v) is 12.1. The van der Waals surface area contributed by atoms with Crippen molar-refractivity contribution in [1.29, 1.82) is 0 Å². The number of nitrogens with zero attached hydrogens (tertiary/aromatic N) is 1. The van der Waals surface area contributed by atoms with E-state index in [0.717, 1.165) is 23.4 Å².